The van der Waals surface area contributed by atoms with Crippen LogP contribution in [0.4, 0.5) is 5.69 Å². The van der Waals surface area contributed by atoms with Gasteiger partial charge in [0.15, 0.2) is 7.28 Å². The summed E-state index contributed by atoms with van der Waals surface area (Å²) < 4.78 is 21.3. The lowest BCUT2D eigenvalue weighted by Gasteiger charge is -2.37. The molecule has 184 valence electrons. The molecule has 8 heteroatoms. The molecule has 4 rings (SSSR count). The Morgan fingerprint density at radius 3 is 2.51 bits per heavy atom. The van der Waals surface area contributed by atoms with Gasteiger partial charge in [-0.05, 0) is 48.9 Å². The van der Waals surface area contributed by atoms with Crippen molar-refractivity contribution in [1.29, 1.82) is 0 Å². The first-order valence-electron chi connectivity index (χ1n) is 11.6. The quantitative estimate of drug-likeness (QED) is 0.207. The van der Waals surface area contributed by atoms with Crippen molar-refractivity contribution in [3.8, 4) is 11.5 Å². The van der Waals surface area contributed by atoms with Gasteiger partial charge in [0.2, 0.25) is 0 Å². The predicted molar refractivity (Wildman–Crippen MR) is 151 cm³/mol. The second-order valence-corrected chi connectivity index (χ2v) is 13.9. The Kier molecular flexibility index (Phi) is 7.65. The minimum atomic E-state index is -2.86. The van der Waals surface area contributed by atoms with Crippen LogP contribution in [0, 0.1) is 0 Å². The van der Waals surface area contributed by atoms with Crippen LogP contribution in [-0.4, -0.2) is 22.0 Å². The van der Waals surface area contributed by atoms with Gasteiger partial charge in [-0.1, -0.05) is 79.5 Å². The number of ether oxygens (including phenoxy) is 1. The second kappa shape index (κ2) is 10.4. The summed E-state index contributed by atoms with van der Waals surface area (Å²) in [6, 6.07) is 21.6. The Morgan fingerprint density at radius 1 is 1.06 bits per heavy atom. The Hall–Kier alpha value is -2.27. The minimum absolute atomic E-state index is 0.392. The summed E-state index contributed by atoms with van der Waals surface area (Å²) in [5.41, 5.74) is 2.59. The van der Waals surface area contributed by atoms with Gasteiger partial charge < -0.3 is 9.26 Å². The molecule has 35 heavy (non-hydrogen) atoms. The van der Waals surface area contributed by atoms with E-state index in [9.17, 15) is 0 Å². The highest BCUT2D eigenvalue weighted by atomic mass is 79.9. The summed E-state index contributed by atoms with van der Waals surface area (Å²) in [4.78, 5) is 0. The fourth-order valence-electron chi connectivity index (χ4n) is 4.04. The number of hydrogen-bond acceptors (Lipinski definition) is 4. The summed E-state index contributed by atoms with van der Waals surface area (Å²) in [5.74, 6) is 1.38. The Morgan fingerprint density at radius 2 is 1.83 bits per heavy atom. The van der Waals surface area contributed by atoms with E-state index >= 15 is 0 Å². The number of aromatic nitrogens is 2. The number of aryl methyl sites for hydroxylation is 1. The Balaban J connectivity index is 2.17. The van der Waals surface area contributed by atoms with Gasteiger partial charge in [0.1, 0.15) is 22.6 Å². The first-order valence-corrected chi connectivity index (χ1v) is 14.4. The maximum Gasteiger partial charge on any atom is 0.191 e. The van der Waals surface area contributed by atoms with Crippen LogP contribution in [0.5, 0.6) is 11.5 Å². The third kappa shape index (κ3) is 5.16. The molecule has 1 atom stereocenters. The van der Waals surface area contributed by atoms with Crippen molar-refractivity contribution in [2.24, 2.45) is 4.74 Å². The number of halogens is 2. The number of rotatable bonds is 7. The summed E-state index contributed by atoms with van der Waals surface area (Å²) in [5, 5.41) is 6.22. The molecule has 0 aliphatic carbocycles. The fraction of sp³-hybridized carbons (Fsp3) is 0.296. The molecule has 0 fully saturated rings. The highest BCUT2D eigenvalue weighted by Crippen LogP contribution is 2.63. The molecule has 1 aromatic heterocycles. The normalized spacial score (nSPS) is 13.5. The first-order chi connectivity index (χ1) is 16.7. The Bertz CT molecular complexity index is 1410. The van der Waals surface area contributed by atoms with E-state index in [0.717, 1.165) is 39.5 Å². The number of nitrogens with zero attached hydrogens (tertiary/aromatic N) is 3. The van der Waals surface area contributed by atoms with Crippen LogP contribution in [0.1, 0.15) is 34.1 Å². The third-order valence-corrected chi connectivity index (χ3v) is 10.2. The zero-order chi connectivity index (χ0) is 25.2. The Labute approximate surface area is 220 Å². The standard InChI is InChI=1S/C27H30BrClN3O2P/c1-6-16-32-26(22-12-7-8-13-23(22)30-32)35(27(2,3)4,34-21-11-9-10-19(28)17-21)31-24-18-20(29)14-15-25(24)33-5/h7-15,17-18H,6,16H2,1-5H3/t35-/m1/s1. The maximum absolute atomic E-state index is 7.09. The number of methoxy groups -OCH3 is 1. The second-order valence-electron chi connectivity index (χ2n) is 9.28. The largest absolute Gasteiger partial charge is 0.494 e. The lowest BCUT2D eigenvalue weighted by atomic mass is 10.2. The molecular formula is C27H30BrClN3O2P. The summed E-state index contributed by atoms with van der Waals surface area (Å²) in [6.07, 6.45) is 0.933. The van der Waals surface area contributed by atoms with Crippen LogP contribution in [0.3, 0.4) is 0 Å². The number of benzene rings is 3. The molecule has 1 heterocycles. The van der Waals surface area contributed by atoms with E-state index in [0.29, 0.717) is 16.5 Å². The molecule has 0 unspecified atom stereocenters. The average molecular weight is 575 g/mol. The smallest absolute Gasteiger partial charge is 0.191 e. The molecule has 0 bridgehead atoms. The summed E-state index contributed by atoms with van der Waals surface area (Å²) in [7, 11) is -1.21. The highest BCUT2D eigenvalue weighted by Gasteiger charge is 2.43. The van der Waals surface area contributed by atoms with Crippen LogP contribution in [0.25, 0.3) is 10.9 Å². The van der Waals surface area contributed by atoms with Crippen LogP contribution in [0.2, 0.25) is 5.02 Å². The van der Waals surface area contributed by atoms with Gasteiger partial charge in [0.25, 0.3) is 0 Å². The molecule has 0 amide bonds. The lowest BCUT2D eigenvalue weighted by Crippen LogP contribution is -2.32. The topological polar surface area (TPSA) is 48.6 Å². The molecule has 0 radical (unpaired) electrons. The monoisotopic (exact) mass is 573 g/mol. The molecule has 0 N–H and O–H groups in total. The summed E-state index contributed by atoms with van der Waals surface area (Å²) in [6.45, 7) is 9.44. The molecule has 0 saturated carbocycles. The van der Waals surface area contributed by atoms with E-state index in [1.807, 2.05) is 60.7 Å². The van der Waals surface area contributed by atoms with E-state index in [1.54, 1.807) is 7.11 Å². The van der Waals surface area contributed by atoms with Gasteiger partial charge >= 0.3 is 0 Å². The summed E-state index contributed by atoms with van der Waals surface area (Å²) >= 11 is 10.0. The van der Waals surface area contributed by atoms with Gasteiger partial charge in [-0.3, -0.25) is 4.68 Å². The van der Waals surface area contributed by atoms with Gasteiger partial charge in [-0.25, -0.2) is 4.74 Å². The SMILES string of the molecule is CCCn1nc2ccccc2c1[P@@](=Nc1cc(Cl)ccc1OC)(Oc1cccc(Br)c1)C(C)(C)C. The van der Waals surface area contributed by atoms with E-state index in [1.165, 1.54) is 0 Å². The maximum atomic E-state index is 7.09. The molecule has 0 saturated heterocycles. The van der Waals surface area contributed by atoms with Gasteiger partial charge in [-0.15, -0.1) is 0 Å². The van der Waals surface area contributed by atoms with Gasteiger partial charge in [0.05, 0.1) is 12.6 Å². The van der Waals surface area contributed by atoms with Crippen molar-refractivity contribution >= 4 is 56.8 Å². The van der Waals surface area contributed by atoms with Crippen LogP contribution in [-0.2, 0) is 6.54 Å². The van der Waals surface area contributed by atoms with Crippen molar-refractivity contribution in [2.45, 2.75) is 45.8 Å². The van der Waals surface area contributed by atoms with Crippen molar-refractivity contribution < 1.29 is 9.26 Å². The molecule has 3 aromatic carbocycles. The zero-order valence-electron chi connectivity index (χ0n) is 20.6. The van der Waals surface area contributed by atoms with Crippen LogP contribution >= 0.6 is 34.8 Å². The van der Waals surface area contributed by atoms with E-state index in [2.05, 4.69) is 54.4 Å². The molecule has 0 aliphatic heterocycles. The lowest BCUT2D eigenvalue weighted by molar-refractivity contribution is 0.416. The zero-order valence-corrected chi connectivity index (χ0v) is 23.9. The molecule has 4 aromatic rings. The van der Waals surface area contributed by atoms with Crippen LogP contribution in [0.15, 0.2) is 75.9 Å². The fourth-order valence-corrected chi connectivity index (χ4v) is 7.87. The van der Waals surface area contributed by atoms with Crippen molar-refractivity contribution in [3.05, 3.63) is 76.2 Å². The van der Waals surface area contributed by atoms with Crippen molar-refractivity contribution in [3.63, 3.8) is 0 Å². The molecule has 0 spiro atoms. The van der Waals surface area contributed by atoms with Gasteiger partial charge in [-0.2, -0.15) is 5.10 Å². The van der Waals surface area contributed by atoms with Crippen LogP contribution < -0.4 is 14.7 Å². The first kappa shape index (κ1) is 25.8. The van der Waals surface area contributed by atoms with E-state index < -0.39 is 12.4 Å². The van der Waals surface area contributed by atoms with E-state index in [4.69, 9.17) is 30.7 Å². The highest BCUT2D eigenvalue weighted by molar-refractivity contribution is 9.10. The predicted octanol–water partition coefficient (Wildman–Crippen LogP) is 8.82. The molecule has 5 nitrogen and oxygen atoms in total. The van der Waals surface area contributed by atoms with Crippen molar-refractivity contribution in [2.75, 3.05) is 7.11 Å². The number of hydrogen-bond donors (Lipinski definition) is 0. The van der Waals surface area contributed by atoms with Gasteiger partial charge in [0, 0.05) is 26.6 Å². The van der Waals surface area contributed by atoms with E-state index in [-0.39, 0.29) is 0 Å². The molecule has 0 aliphatic rings. The minimum Gasteiger partial charge on any atom is -0.494 e. The third-order valence-electron chi connectivity index (χ3n) is 5.67. The number of fused-ring (bicyclic) bond motifs is 1. The molecular weight excluding hydrogens is 545 g/mol. The van der Waals surface area contributed by atoms with Crippen molar-refractivity contribution in [1.82, 2.24) is 9.78 Å². The average Bonchev–Trinajstić information content (AvgIpc) is 3.16.